The first-order valence-corrected chi connectivity index (χ1v) is 11.3. The van der Waals surface area contributed by atoms with E-state index in [0.717, 1.165) is 0 Å². The number of amides is 4. The normalized spacial score (nSPS) is 19.7. The first kappa shape index (κ1) is 24.4. The highest BCUT2D eigenvalue weighted by atomic mass is 16.7. The predicted molar refractivity (Wildman–Crippen MR) is 119 cm³/mol. The van der Waals surface area contributed by atoms with Gasteiger partial charge in [0.25, 0.3) is 11.8 Å². The smallest absolute Gasteiger partial charge is 0.341 e. The second-order valence-electron chi connectivity index (χ2n) is 9.31. The third-order valence-corrected chi connectivity index (χ3v) is 6.38. The lowest BCUT2D eigenvalue weighted by Gasteiger charge is -2.30. The van der Waals surface area contributed by atoms with Gasteiger partial charge >= 0.3 is 5.97 Å². The summed E-state index contributed by atoms with van der Waals surface area (Å²) in [6.45, 7) is 9.67. The molecular formula is C24H31N3O6. The van der Waals surface area contributed by atoms with Crippen LogP contribution in [0.3, 0.4) is 0 Å². The number of nitrogens with zero attached hydrogens (tertiary/aromatic N) is 2. The topological polar surface area (TPSA) is 113 Å². The van der Waals surface area contributed by atoms with Gasteiger partial charge in [0.1, 0.15) is 12.1 Å². The Morgan fingerprint density at radius 1 is 0.970 bits per heavy atom. The molecule has 0 aliphatic carbocycles. The fourth-order valence-electron chi connectivity index (χ4n) is 3.99. The molecule has 1 N–H and O–H groups in total. The third kappa shape index (κ3) is 4.77. The van der Waals surface area contributed by atoms with Crippen LogP contribution in [0.4, 0.5) is 0 Å². The second-order valence-corrected chi connectivity index (χ2v) is 9.31. The summed E-state index contributed by atoms with van der Waals surface area (Å²) in [5.41, 5.74) is 0.305. The van der Waals surface area contributed by atoms with E-state index < -0.39 is 35.8 Å². The Kier molecular flexibility index (Phi) is 7.19. The molecule has 1 fully saturated rings. The molecule has 9 nitrogen and oxygen atoms in total. The number of hydrogen-bond acceptors (Lipinski definition) is 6. The lowest BCUT2D eigenvalue weighted by Crippen LogP contribution is -2.54. The van der Waals surface area contributed by atoms with Crippen LogP contribution in [0.15, 0.2) is 24.3 Å². The van der Waals surface area contributed by atoms with E-state index in [1.165, 1.54) is 12.1 Å². The van der Waals surface area contributed by atoms with E-state index in [1.807, 2.05) is 20.8 Å². The van der Waals surface area contributed by atoms with Crippen LogP contribution in [-0.2, 0) is 19.2 Å². The number of nitrogens with one attached hydrogen (secondary N) is 1. The molecule has 2 heterocycles. The summed E-state index contributed by atoms with van der Waals surface area (Å²) in [6, 6.07) is 4.42. The predicted octanol–water partition coefficient (Wildman–Crippen LogP) is 2.16. The van der Waals surface area contributed by atoms with E-state index in [-0.39, 0.29) is 34.8 Å². The van der Waals surface area contributed by atoms with E-state index in [4.69, 9.17) is 4.84 Å². The monoisotopic (exact) mass is 457 g/mol. The van der Waals surface area contributed by atoms with Gasteiger partial charge in [0, 0.05) is 12.5 Å². The Balaban J connectivity index is 1.70. The zero-order chi connectivity index (χ0) is 24.4. The quantitative estimate of drug-likeness (QED) is 0.628. The van der Waals surface area contributed by atoms with Gasteiger partial charge in [-0.05, 0) is 36.8 Å². The molecular weight excluding hydrogens is 426 g/mol. The van der Waals surface area contributed by atoms with Crippen LogP contribution in [0, 0.1) is 17.8 Å². The zero-order valence-electron chi connectivity index (χ0n) is 19.7. The molecule has 0 saturated carbocycles. The molecule has 9 heteroatoms. The molecule has 3 atom stereocenters. The van der Waals surface area contributed by atoms with E-state index >= 15 is 0 Å². The third-order valence-electron chi connectivity index (χ3n) is 6.38. The average molecular weight is 458 g/mol. The number of imide groups is 1. The van der Waals surface area contributed by atoms with Crippen LogP contribution in [-0.4, -0.2) is 58.2 Å². The number of fused-ring (bicyclic) bond motifs is 1. The van der Waals surface area contributed by atoms with Gasteiger partial charge in [-0.2, -0.15) is 0 Å². The number of rotatable bonds is 7. The van der Waals surface area contributed by atoms with Crippen molar-refractivity contribution in [2.75, 3.05) is 6.54 Å². The fourth-order valence-corrected chi connectivity index (χ4v) is 3.99. The minimum Gasteiger partial charge on any atom is -0.341 e. The van der Waals surface area contributed by atoms with Gasteiger partial charge in [0.15, 0.2) is 0 Å². The highest BCUT2D eigenvalue weighted by molar-refractivity contribution is 6.21. The second kappa shape index (κ2) is 9.72. The minimum atomic E-state index is -1.10. The first-order chi connectivity index (χ1) is 15.5. The lowest BCUT2D eigenvalue weighted by atomic mass is 9.96. The lowest BCUT2D eigenvalue weighted by molar-refractivity contribution is -0.173. The van der Waals surface area contributed by atoms with Crippen molar-refractivity contribution in [1.29, 1.82) is 0 Å². The summed E-state index contributed by atoms with van der Waals surface area (Å²) in [4.78, 5) is 70.5. The highest BCUT2D eigenvalue weighted by Crippen LogP contribution is 2.25. The van der Waals surface area contributed by atoms with Gasteiger partial charge in [-0.1, -0.05) is 51.8 Å². The summed E-state index contributed by atoms with van der Waals surface area (Å²) >= 11 is 0. The number of hydroxylamine groups is 2. The summed E-state index contributed by atoms with van der Waals surface area (Å²) in [7, 11) is 0. The van der Waals surface area contributed by atoms with Gasteiger partial charge in [-0.3, -0.25) is 19.2 Å². The standard InChI is InChI=1S/C24H31N3O6/c1-13(2)15(5)21(29)26-12-8-11-18(26)20(28)25-19(14(3)4)24(32)33-27-22(30)16-9-6-7-10-17(16)23(27)31/h6-7,9-10,13-15,18-19H,8,11-12H2,1-5H3,(H,25,28)/t15-,18-,19?/m0/s1. The summed E-state index contributed by atoms with van der Waals surface area (Å²) < 4.78 is 0. The van der Waals surface area contributed by atoms with Gasteiger partial charge in [-0.25, -0.2) is 4.79 Å². The SMILES string of the molecule is CC(C)C(NC(=O)[C@@H]1CCCN1C(=O)[C@@H](C)C(C)C)C(=O)ON1C(=O)c2ccccc2C1=O. The Bertz CT molecular complexity index is 938. The van der Waals surface area contributed by atoms with Crippen molar-refractivity contribution < 1.29 is 28.8 Å². The summed E-state index contributed by atoms with van der Waals surface area (Å²) in [5, 5.41) is 3.11. The van der Waals surface area contributed by atoms with E-state index in [1.54, 1.807) is 30.9 Å². The molecule has 0 spiro atoms. The Hall–Kier alpha value is -3.23. The molecule has 33 heavy (non-hydrogen) atoms. The van der Waals surface area contributed by atoms with Crippen LogP contribution in [0.2, 0.25) is 0 Å². The molecule has 0 radical (unpaired) electrons. The molecule has 1 aromatic carbocycles. The molecule has 4 amide bonds. The molecule has 1 unspecified atom stereocenters. The van der Waals surface area contributed by atoms with Crippen LogP contribution in [0.25, 0.3) is 0 Å². The van der Waals surface area contributed by atoms with Crippen molar-refractivity contribution in [2.24, 2.45) is 17.8 Å². The van der Waals surface area contributed by atoms with E-state index in [0.29, 0.717) is 24.4 Å². The maximum absolute atomic E-state index is 13.1. The molecule has 1 saturated heterocycles. The van der Waals surface area contributed by atoms with Crippen molar-refractivity contribution in [3.63, 3.8) is 0 Å². The van der Waals surface area contributed by atoms with E-state index in [9.17, 15) is 24.0 Å². The number of carbonyl (C=O) groups is 5. The van der Waals surface area contributed by atoms with Crippen molar-refractivity contribution >= 4 is 29.6 Å². The van der Waals surface area contributed by atoms with Gasteiger partial charge in [0.05, 0.1) is 11.1 Å². The Morgan fingerprint density at radius 3 is 2.06 bits per heavy atom. The van der Waals surface area contributed by atoms with E-state index in [2.05, 4.69) is 5.32 Å². The molecule has 1 aromatic rings. The summed E-state index contributed by atoms with van der Waals surface area (Å²) in [6.07, 6.45) is 1.20. The fraction of sp³-hybridized carbons (Fsp3) is 0.542. The maximum Gasteiger partial charge on any atom is 0.355 e. The maximum atomic E-state index is 13.1. The number of likely N-dealkylation sites (tertiary alicyclic amines) is 1. The van der Waals surface area contributed by atoms with Crippen LogP contribution >= 0.6 is 0 Å². The number of benzene rings is 1. The van der Waals surface area contributed by atoms with Crippen molar-refractivity contribution in [3.05, 3.63) is 35.4 Å². The molecule has 3 rings (SSSR count). The molecule has 0 aromatic heterocycles. The highest BCUT2D eigenvalue weighted by Gasteiger charge is 2.42. The van der Waals surface area contributed by atoms with Crippen molar-refractivity contribution in [3.8, 4) is 0 Å². The molecule has 178 valence electrons. The molecule has 2 aliphatic rings. The average Bonchev–Trinajstić information content (AvgIpc) is 3.36. The van der Waals surface area contributed by atoms with Crippen LogP contribution in [0.1, 0.15) is 68.2 Å². The van der Waals surface area contributed by atoms with Gasteiger partial charge < -0.3 is 15.1 Å². The van der Waals surface area contributed by atoms with Crippen molar-refractivity contribution in [1.82, 2.24) is 15.3 Å². The first-order valence-electron chi connectivity index (χ1n) is 11.3. The number of hydrogen-bond donors (Lipinski definition) is 1. The Labute approximate surface area is 193 Å². The van der Waals surface area contributed by atoms with Crippen molar-refractivity contribution in [2.45, 2.75) is 59.5 Å². The number of carbonyl (C=O) groups excluding carboxylic acids is 5. The molecule has 0 bridgehead atoms. The van der Waals surface area contributed by atoms with Crippen LogP contribution in [0.5, 0.6) is 0 Å². The van der Waals surface area contributed by atoms with Gasteiger partial charge in [0.2, 0.25) is 11.8 Å². The molecule has 2 aliphatic heterocycles. The summed E-state index contributed by atoms with van der Waals surface area (Å²) in [5.74, 6) is -3.37. The Morgan fingerprint density at radius 2 is 1.55 bits per heavy atom. The zero-order valence-corrected chi connectivity index (χ0v) is 19.7. The largest absolute Gasteiger partial charge is 0.355 e. The van der Waals surface area contributed by atoms with Gasteiger partial charge in [-0.15, -0.1) is 0 Å². The minimum absolute atomic E-state index is 0.0858. The van der Waals surface area contributed by atoms with Crippen LogP contribution < -0.4 is 5.32 Å².